The van der Waals surface area contributed by atoms with E-state index in [2.05, 4.69) is 20.8 Å². The number of esters is 1. The van der Waals surface area contributed by atoms with Gasteiger partial charge in [-0.3, -0.25) is 4.79 Å². The number of rotatable bonds is 3. The lowest BCUT2D eigenvalue weighted by molar-refractivity contribution is -0.190. The summed E-state index contributed by atoms with van der Waals surface area (Å²) < 4.78 is 5.03. The smallest absolute Gasteiger partial charge is 0.313 e. The Morgan fingerprint density at radius 3 is 2.55 bits per heavy atom. The summed E-state index contributed by atoms with van der Waals surface area (Å²) in [5, 5.41) is 0. The molecule has 0 unspecified atom stereocenters. The van der Waals surface area contributed by atoms with E-state index in [1.165, 1.54) is 0 Å². The maximum Gasteiger partial charge on any atom is 0.313 e. The zero-order chi connectivity index (χ0) is 8.43. The molecule has 2 nitrogen and oxygen atoms in total. The number of ether oxygens (including phenoxy) is 1. The molecule has 1 heterocycles. The normalized spacial score (nSPS) is 30.0. The first-order chi connectivity index (χ1) is 5.16. The minimum absolute atomic E-state index is 0.00514. The van der Waals surface area contributed by atoms with Gasteiger partial charge in [0.1, 0.15) is 6.10 Å². The molecule has 2 atom stereocenters. The largest absolute Gasteiger partial charge is 0.461 e. The highest BCUT2D eigenvalue weighted by atomic mass is 16.6. The standard InChI is InChI=1S/C9H16O2/c1-4-5-7-8(6(2)3)11-9(7)10/h6-8H,4-5H2,1-3H3/t7-,8-/m0/s1. The van der Waals surface area contributed by atoms with E-state index >= 15 is 0 Å². The van der Waals surface area contributed by atoms with Crippen molar-refractivity contribution in [3.8, 4) is 0 Å². The Morgan fingerprint density at radius 1 is 1.55 bits per heavy atom. The van der Waals surface area contributed by atoms with E-state index in [1.54, 1.807) is 0 Å². The van der Waals surface area contributed by atoms with Gasteiger partial charge in [0.25, 0.3) is 0 Å². The van der Waals surface area contributed by atoms with Crippen molar-refractivity contribution < 1.29 is 9.53 Å². The van der Waals surface area contributed by atoms with Crippen LogP contribution in [-0.4, -0.2) is 12.1 Å². The summed E-state index contributed by atoms with van der Waals surface area (Å²) in [6.07, 6.45) is 2.26. The van der Waals surface area contributed by atoms with Crippen LogP contribution in [0.1, 0.15) is 33.6 Å². The fourth-order valence-corrected chi connectivity index (χ4v) is 1.56. The number of carbonyl (C=O) groups excluding carboxylic acids is 1. The third-order valence-corrected chi connectivity index (χ3v) is 2.21. The van der Waals surface area contributed by atoms with E-state index in [4.69, 9.17) is 4.74 Å². The van der Waals surface area contributed by atoms with E-state index in [9.17, 15) is 4.79 Å². The van der Waals surface area contributed by atoms with E-state index in [-0.39, 0.29) is 18.0 Å². The second-order valence-corrected chi connectivity index (χ2v) is 3.54. The van der Waals surface area contributed by atoms with Gasteiger partial charge in [-0.2, -0.15) is 0 Å². The molecule has 2 heteroatoms. The average Bonchev–Trinajstić information content (AvgIpc) is 1.95. The maximum atomic E-state index is 10.9. The lowest BCUT2D eigenvalue weighted by Crippen LogP contribution is -2.47. The summed E-state index contributed by atoms with van der Waals surface area (Å²) in [7, 11) is 0. The molecule has 1 fully saturated rings. The summed E-state index contributed by atoms with van der Waals surface area (Å²) in [5.41, 5.74) is 0. The molecule has 0 aromatic heterocycles. The monoisotopic (exact) mass is 156 g/mol. The molecule has 11 heavy (non-hydrogen) atoms. The van der Waals surface area contributed by atoms with Crippen LogP contribution in [0.2, 0.25) is 0 Å². The third kappa shape index (κ3) is 1.55. The van der Waals surface area contributed by atoms with Crippen LogP contribution >= 0.6 is 0 Å². The SMILES string of the molecule is CCC[C@@H]1C(=O)O[C@H]1C(C)C. The van der Waals surface area contributed by atoms with Crippen molar-refractivity contribution in [2.24, 2.45) is 11.8 Å². The van der Waals surface area contributed by atoms with Gasteiger partial charge in [-0.25, -0.2) is 0 Å². The van der Waals surface area contributed by atoms with E-state index in [1.807, 2.05) is 0 Å². The van der Waals surface area contributed by atoms with E-state index in [0.29, 0.717) is 5.92 Å². The van der Waals surface area contributed by atoms with Crippen molar-refractivity contribution in [2.45, 2.75) is 39.7 Å². The molecule has 0 radical (unpaired) electrons. The predicted octanol–water partition coefficient (Wildman–Crippen LogP) is 1.98. The second-order valence-electron chi connectivity index (χ2n) is 3.54. The third-order valence-electron chi connectivity index (χ3n) is 2.21. The van der Waals surface area contributed by atoms with Crippen molar-refractivity contribution >= 4 is 5.97 Å². The topological polar surface area (TPSA) is 26.3 Å². The van der Waals surface area contributed by atoms with Crippen LogP contribution in [0.25, 0.3) is 0 Å². The molecule has 0 bridgehead atoms. The van der Waals surface area contributed by atoms with E-state index < -0.39 is 0 Å². The van der Waals surface area contributed by atoms with Gasteiger partial charge >= 0.3 is 5.97 Å². The lowest BCUT2D eigenvalue weighted by Gasteiger charge is -2.37. The first kappa shape index (κ1) is 8.57. The molecule has 0 N–H and O–H groups in total. The highest BCUT2D eigenvalue weighted by molar-refractivity contribution is 5.78. The Kier molecular flexibility index (Phi) is 2.53. The molecular weight excluding hydrogens is 140 g/mol. The van der Waals surface area contributed by atoms with Gasteiger partial charge < -0.3 is 4.74 Å². The summed E-state index contributed by atoms with van der Waals surface area (Å²) in [6.45, 7) is 6.29. The molecule has 1 aliphatic heterocycles. The molecule has 1 saturated heterocycles. The summed E-state index contributed by atoms with van der Waals surface area (Å²) >= 11 is 0. The quantitative estimate of drug-likeness (QED) is 0.584. The van der Waals surface area contributed by atoms with Gasteiger partial charge in [-0.15, -0.1) is 0 Å². The van der Waals surface area contributed by atoms with Crippen LogP contribution in [0, 0.1) is 11.8 Å². The molecule has 0 saturated carbocycles. The van der Waals surface area contributed by atoms with Crippen molar-refractivity contribution in [1.82, 2.24) is 0 Å². The highest BCUT2D eigenvalue weighted by Gasteiger charge is 2.42. The molecule has 0 aliphatic carbocycles. The Balaban J connectivity index is 2.41. The van der Waals surface area contributed by atoms with Gasteiger partial charge in [0.05, 0.1) is 5.92 Å². The Morgan fingerprint density at radius 2 is 2.18 bits per heavy atom. The molecular formula is C9H16O2. The average molecular weight is 156 g/mol. The van der Waals surface area contributed by atoms with E-state index in [0.717, 1.165) is 12.8 Å². The summed E-state index contributed by atoms with van der Waals surface area (Å²) in [4.78, 5) is 10.9. The number of hydrogen-bond donors (Lipinski definition) is 0. The molecule has 1 aliphatic rings. The first-order valence-electron chi connectivity index (χ1n) is 4.37. The van der Waals surface area contributed by atoms with Crippen molar-refractivity contribution in [1.29, 1.82) is 0 Å². The van der Waals surface area contributed by atoms with Crippen molar-refractivity contribution in [3.05, 3.63) is 0 Å². The second kappa shape index (κ2) is 3.24. The minimum atomic E-state index is 0.00514. The first-order valence-corrected chi connectivity index (χ1v) is 4.37. The van der Waals surface area contributed by atoms with Crippen LogP contribution in [0.3, 0.4) is 0 Å². The van der Waals surface area contributed by atoms with Crippen molar-refractivity contribution in [3.63, 3.8) is 0 Å². The Hall–Kier alpha value is -0.530. The maximum absolute atomic E-state index is 10.9. The van der Waals surface area contributed by atoms with Gasteiger partial charge in [0.2, 0.25) is 0 Å². The summed E-state index contributed by atoms with van der Waals surface area (Å²) in [6, 6.07) is 0. The number of cyclic esters (lactones) is 1. The zero-order valence-corrected chi connectivity index (χ0v) is 7.46. The van der Waals surface area contributed by atoms with Crippen LogP contribution in [0.15, 0.2) is 0 Å². The van der Waals surface area contributed by atoms with Gasteiger partial charge in [-0.05, 0) is 12.3 Å². The lowest BCUT2D eigenvalue weighted by atomic mass is 9.85. The fourth-order valence-electron chi connectivity index (χ4n) is 1.56. The van der Waals surface area contributed by atoms with Crippen molar-refractivity contribution in [2.75, 3.05) is 0 Å². The van der Waals surface area contributed by atoms with Gasteiger partial charge in [0.15, 0.2) is 0 Å². The molecule has 64 valence electrons. The van der Waals surface area contributed by atoms with Gasteiger partial charge in [0, 0.05) is 0 Å². The van der Waals surface area contributed by atoms with Crippen LogP contribution < -0.4 is 0 Å². The zero-order valence-electron chi connectivity index (χ0n) is 7.46. The van der Waals surface area contributed by atoms with Crippen LogP contribution in [0.4, 0.5) is 0 Å². The van der Waals surface area contributed by atoms with Gasteiger partial charge in [-0.1, -0.05) is 27.2 Å². The summed E-state index contributed by atoms with van der Waals surface area (Å²) in [5.74, 6) is 0.676. The number of hydrogen-bond acceptors (Lipinski definition) is 2. The minimum Gasteiger partial charge on any atom is -0.461 e. The molecule has 1 rings (SSSR count). The highest BCUT2D eigenvalue weighted by Crippen LogP contribution is 2.31. The predicted molar refractivity (Wildman–Crippen MR) is 43.1 cm³/mol. The van der Waals surface area contributed by atoms with Crippen LogP contribution in [-0.2, 0) is 9.53 Å². The fraction of sp³-hybridized carbons (Fsp3) is 0.889. The Bertz CT molecular complexity index is 152. The molecule has 0 aromatic carbocycles. The molecule has 0 amide bonds. The number of carbonyl (C=O) groups is 1. The Labute approximate surface area is 67.9 Å². The molecule has 0 aromatic rings. The van der Waals surface area contributed by atoms with Crippen LogP contribution in [0.5, 0.6) is 0 Å². The molecule has 0 spiro atoms.